The van der Waals surface area contributed by atoms with E-state index in [0.29, 0.717) is 11.5 Å². The van der Waals surface area contributed by atoms with E-state index in [4.69, 9.17) is 9.47 Å². The summed E-state index contributed by atoms with van der Waals surface area (Å²) in [5.41, 5.74) is 0. The highest BCUT2D eigenvalue weighted by molar-refractivity contribution is 9.10. The van der Waals surface area contributed by atoms with E-state index >= 15 is 0 Å². The van der Waals surface area contributed by atoms with Gasteiger partial charge in [0.15, 0.2) is 11.5 Å². The van der Waals surface area contributed by atoms with Crippen LogP contribution in [-0.2, 0) is 6.54 Å². The van der Waals surface area contributed by atoms with Gasteiger partial charge < -0.3 is 14.0 Å². The Morgan fingerprint density at radius 1 is 0.826 bits per heavy atom. The summed E-state index contributed by atoms with van der Waals surface area (Å²) in [7, 11) is 0. The van der Waals surface area contributed by atoms with E-state index in [0.717, 1.165) is 27.0 Å². The zero-order valence-corrected chi connectivity index (χ0v) is 15.7. The normalized spacial score (nSPS) is 10.6. The molecule has 118 valence electrons. The fraction of sp³-hybridized carbons (Fsp3) is 0.111. The maximum absolute atomic E-state index is 5.98. The van der Waals surface area contributed by atoms with Crippen molar-refractivity contribution in [1.29, 1.82) is 0 Å². The molecule has 0 aliphatic carbocycles. The first-order valence-corrected chi connectivity index (χ1v) is 8.79. The summed E-state index contributed by atoms with van der Waals surface area (Å²) in [5.74, 6) is 2.87. The van der Waals surface area contributed by atoms with Crippen LogP contribution in [0.4, 0.5) is 0 Å². The molecule has 0 atom stereocenters. The molecule has 0 saturated heterocycles. The maximum atomic E-state index is 5.98. The van der Waals surface area contributed by atoms with Gasteiger partial charge in [0.05, 0.1) is 0 Å². The Labute approximate surface area is 152 Å². The Hall–Kier alpha value is -1.72. The van der Waals surface area contributed by atoms with E-state index in [-0.39, 0.29) is 0 Å². The fourth-order valence-corrected chi connectivity index (χ4v) is 2.68. The Kier molecular flexibility index (Phi) is 5.08. The van der Waals surface area contributed by atoms with E-state index in [9.17, 15) is 0 Å². The Bertz CT molecular complexity index is 797. The zero-order chi connectivity index (χ0) is 16.2. The second-order valence-corrected chi connectivity index (χ2v) is 6.76. The number of hydrogen-bond acceptors (Lipinski definition) is 2. The Morgan fingerprint density at radius 3 is 2.22 bits per heavy atom. The number of ether oxygens (including phenoxy) is 2. The van der Waals surface area contributed by atoms with Crippen molar-refractivity contribution in [2.24, 2.45) is 0 Å². The number of nitrogens with zero attached hydrogens (tertiary/aromatic N) is 1. The van der Waals surface area contributed by atoms with Crippen molar-refractivity contribution in [3.05, 3.63) is 69.9 Å². The van der Waals surface area contributed by atoms with E-state index in [1.165, 1.54) is 0 Å². The van der Waals surface area contributed by atoms with Crippen LogP contribution in [0.1, 0.15) is 6.92 Å². The number of halogens is 2. The lowest BCUT2D eigenvalue weighted by Gasteiger charge is -2.12. The molecular formula is C18H15Br2NO2. The highest BCUT2D eigenvalue weighted by atomic mass is 79.9. The molecule has 1 heterocycles. The van der Waals surface area contributed by atoms with Crippen LogP contribution in [0.25, 0.3) is 0 Å². The second kappa shape index (κ2) is 7.23. The lowest BCUT2D eigenvalue weighted by atomic mass is 10.3. The van der Waals surface area contributed by atoms with Crippen molar-refractivity contribution in [2.45, 2.75) is 13.5 Å². The van der Waals surface area contributed by atoms with Crippen molar-refractivity contribution >= 4 is 31.9 Å². The standard InChI is InChI=1S/C18H15Br2NO2/c1-2-21-10-9-16(12-21)23-18-11-14(20)5-8-17(18)22-15-6-3-13(19)4-7-15/h3-12H,2H2,1H3. The van der Waals surface area contributed by atoms with Crippen molar-refractivity contribution in [2.75, 3.05) is 0 Å². The molecule has 0 aliphatic rings. The van der Waals surface area contributed by atoms with Gasteiger partial charge >= 0.3 is 0 Å². The zero-order valence-electron chi connectivity index (χ0n) is 12.5. The average molecular weight is 437 g/mol. The van der Waals surface area contributed by atoms with Crippen LogP contribution in [0.2, 0.25) is 0 Å². The Balaban J connectivity index is 1.86. The van der Waals surface area contributed by atoms with Crippen LogP contribution < -0.4 is 9.47 Å². The smallest absolute Gasteiger partial charge is 0.171 e. The highest BCUT2D eigenvalue weighted by Crippen LogP contribution is 2.37. The molecule has 0 N–H and O–H groups in total. The van der Waals surface area contributed by atoms with Gasteiger partial charge in [0.2, 0.25) is 0 Å². The highest BCUT2D eigenvalue weighted by Gasteiger charge is 2.09. The van der Waals surface area contributed by atoms with Crippen LogP contribution in [0.15, 0.2) is 69.9 Å². The van der Waals surface area contributed by atoms with Gasteiger partial charge in [0, 0.05) is 27.9 Å². The molecule has 3 aromatic rings. The van der Waals surface area contributed by atoms with Crippen molar-refractivity contribution in [3.8, 4) is 23.0 Å². The average Bonchev–Trinajstić information content (AvgIpc) is 3.00. The molecule has 23 heavy (non-hydrogen) atoms. The molecule has 3 rings (SSSR count). The van der Waals surface area contributed by atoms with Crippen molar-refractivity contribution in [3.63, 3.8) is 0 Å². The van der Waals surface area contributed by atoms with Gasteiger partial charge in [-0.2, -0.15) is 0 Å². The van der Waals surface area contributed by atoms with Gasteiger partial charge in [-0.1, -0.05) is 31.9 Å². The second-order valence-electron chi connectivity index (χ2n) is 4.93. The van der Waals surface area contributed by atoms with Crippen molar-refractivity contribution in [1.82, 2.24) is 4.57 Å². The van der Waals surface area contributed by atoms with Crippen LogP contribution in [0.3, 0.4) is 0 Å². The molecule has 5 heteroatoms. The number of aromatic nitrogens is 1. The summed E-state index contributed by atoms with van der Waals surface area (Å²) in [6.07, 6.45) is 3.95. The molecule has 0 radical (unpaired) electrons. The number of hydrogen-bond donors (Lipinski definition) is 0. The fourth-order valence-electron chi connectivity index (χ4n) is 2.08. The summed E-state index contributed by atoms with van der Waals surface area (Å²) in [6.45, 7) is 3.00. The lowest BCUT2D eigenvalue weighted by molar-refractivity contribution is 0.418. The topological polar surface area (TPSA) is 23.4 Å². The van der Waals surface area contributed by atoms with Gasteiger partial charge in [-0.05, 0) is 55.5 Å². The van der Waals surface area contributed by atoms with Gasteiger partial charge in [-0.25, -0.2) is 0 Å². The van der Waals surface area contributed by atoms with Crippen LogP contribution in [-0.4, -0.2) is 4.57 Å². The summed E-state index contributed by atoms with van der Waals surface area (Å²) >= 11 is 6.90. The minimum absolute atomic E-state index is 0.663. The molecule has 0 aliphatic heterocycles. The van der Waals surface area contributed by atoms with Gasteiger partial charge in [-0.3, -0.25) is 0 Å². The SMILES string of the molecule is CCn1ccc(Oc2cc(Br)ccc2Oc2ccc(Br)cc2)c1. The number of aryl methyl sites for hydroxylation is 1. The lowest BCUT2D eigenvalue weighted by Crippen LogP contribution is -1.91. The number of benzene rings is 2. The minimum atomic E-state index is 0.663. The molecule has 0 bridgehead atoms. The maximum Gasteiger partial charge on any atom is 0.171 e. The molecule has 0 amide bonds. The summed E-state index contributed by atoms with van der Waals surface area (Å²) < 4.78 is 15.9. The third-order valence-electron chi connectivity index (χ3n) is 3.26. The van der Waals surface area contributed by atoms with E-state index in [1.54, 1.807) is 0 Å². The largest absolute Gasteiger partial charge is 0.453 e. The summed E-state index contributed by atoms with van der Waals surface area (Å²) in [4.78, 5) is 0. The monoisotopic (exact) mass is 435 g/mol. The number of rotatable bonds is 5. The molecule has 0 saturated carbocycles. The molecule has 0 fully saturated rings. The molecule has 0 spiro atoms. The molecule has 1 aromatic heterocycles. The minimum Gasteiger partial charge on any atom is -0.453 e. The van der Waals surface area contributed by atoms with Gasteiger partial charge in [0.1, 0.15) is 11.5 Å². The predicted molar refractivity (Wildman–Crippen MR) is 98.5 cm³/mol. The predicted octanol–water partition coefficient (Wildman–Crippen LogP) is 6.62. The first-order valence-electron chi connectivity index (χ1n) is 7.20. The molecule has 3 nitrogen and oxygen atoms in total. The van der Waals surface area contributed by atoms with E-state index < -0.39 is 0 Å². The van der Waals surface area contributed by atoms with Crippen LogP contribution in [0, 0.1) is 0 Å². The first-order chi connectivity index (χ1) is 11.1. The van der Waals surface area contributed by atoms with E-state index in [2.05, 4.69) is 43.4 Å². The quantitative estimate of drug-likeness (QED) is 0.448. The molecule has 2 aromatic carbocycles. The van der Waals surface area contributed by atoms with Crippen LogP contribution >= 0.6 is 31.9 Å². The summed E-state index contributed by atoms with van der Waals surface area (Å²) in [6, 6.07) is 15.3. The Morgan fingerprint density at radius 2 is 1.52 bits per heavy atom. The molecule has 0 unspecified atom stereocenters. The van der Waals surface area contributed by atoms with Crippen LogP contribution in [0.5, 0.6) is 23.0 Å². The summed E-state index contributed by atoms with van der Waals surface area (Å²) in [5, 5.41) is 0. The third kappa shape index (κ3) is 4.18. The third-order valence-corrected chi connectivity index (χ3v) is 4.29. The van der Waals surface area contributed by atoms with Gasteiger partial charge in [0.25, 0.3) is 0 Å². The van der Waals surface area contributed by atoms with Crippen molar-refractivity contribution < 1.29 is 9.47 Å². The van der Waals surface area contributed by atoms with Gasteiger partial charge in [-0.15, -0.1) is 0 Å². The van der Waals surface area contributed by atoms with E-state index in [1.807, 2.05) is 60.9 Å². The first kappa shape index (κ1) is 16.1. The molecular weight excluding hydrogens is 422 g/mol.